The van der Waals surface area contributed by atoms with E-state index < -0.39 is 4.92 Å². The van der Waals surface area contributed by atoms with Crippen molar-refractivity contribution in [1.29, 1.82) is 0 Å². The predicted octanol–water partition coefficient (Wildman–Crippen LogP) is 4.30. The van der Waals surface area contributed by atoms with E-state index in [9.17, 15) is 15.2 Å². The fourth-order valence-corrected chi connectivity index (χ4v) is 3.07. The number of nitrogens with one attached hydrogen (secondary N) is 3. The third kappa shape index (κ3) is 6.41. The van der Waals surface area contributed by atoms with Crippen molar-refractivity contribution in [1.82, 2.24) is 15.0 Å². The maximum atomic E-state index is 10.9. The molecule has 0 unspecified atom stereocenters. The van der Waals surface area contributed by atoms with Gasteiger partial charge in [0.2, 0.25) is 17.8 Å². The van der Waals surface area contributed by atoms with Gasteiger partial charge in [0.1, 0.15) is 0 Å². The molecule has 4 rings (SSSR count). The van der Waals surface area contributed by atoms with Crippen molar-refractivity contribution < 1.29 is 14.8 Å². The summed E-state index contributed by atoms with van der Waals surface area (Å²) in [6.45, 7) is 0.484. The highest BCUT2D eigenvalue weighted by Gasteiger charge is 2.09. The lowest BCUT2D eigenvalue weighted by Gasteiger charge is -2.10. The van der Waals surface area contributed by atoms with Gasteiger partial charge in [-0.25, -0.2) is 5.43 Å². The number of phenols is 1. The first-order chi connectivity index (χ1) is 17.5. The number of nitro groups is 1. The van der Waals surface area contributed by atoms with Crippen molar-refractivity contribution in [3.8, 4) is 11.5 Å². The fraction of sp³-hybridized carbons (Fsp3) is 0.0833. The number of hydrazone groups is 1. The molecule has 12 nitrogen and oxygen atoms in total. The molecule has 0 bridgehead atoms. The molecule has 1 aromatic heterocycles. The van der Waals surface area contributed by atoms with E-state index in [-0.39, 0.29) is 23.3 Å². The van der Waals surface area contributed by atoms with Crippen LogP contribution < -0.4 is 20.8 Å². The second-order valence-corrected chi connectivity index (χ2v) is 7.38. The molecule has 0 radical (unpaired) electrons. The molecule has 0 aliphatic rings. The molecule has 3 aromatic carbocycles. The van der Waals surface area contributed by atoms with E-state index in [0.717, 1.165) is 5.56 Å². The Morgan fingerprint density at radius 1 is 1.00 bits per heavy atom. The molecule has 0 aliphatic carbocycles. The van der Waals surface area contributed by atoms with Gasteiger partial charge in [-0.2, -0.15) is 20.1 Å². The van der Waals surface area contributed by atoms with Crippen molar-refractivity contribution in [3.05, 3.63) is 94.0 Å². The summed E-state index contributed by atoms with van der Waals surface area (Å²) in [6.07, 6.45) is 1.52. The lowest BCUT2D eigenvalue weighted by molar-refractivity contribution is -0.384. The van der Waals surface area contributed by atoms with Crippen molar-refractivity contribution in [2.75, 3.05) is 23.2 Å². The van der Waals surface area contributed by atoms with Crippen molar-refractivity contribution in [2.24, 2.45) is 5.10 Å². The van der Waals surface area contributed by atoms with E-state index in [2.05, 4.69) is 36.1 Å². The molecule has 0 amide bonds. The molecule has 0 aliphatic heterocycles. The van der Waals surface area contributed by atoms with Crippen LogP contribution in [0.4, 0.5) is 29.2 Å². The fourth-order valence-electron chi connectivity index (χ4n) is 3.07. The number of hydrogen-bond donors (Lipinski definition) is 4. The molecule has 12 heteroatoms. The first-order valence-electron chi connectivity index (χ1n) is 10.7. The van der Waals surface area contributed by atoms with E-state index in [1.165, 1.54) is 31.5 Å². The lowest BCUT2D eigenvalue weighted by Crippen LogP contribution is -2.09. The summed E-state index contributed by atoms with van der Waals surface area (Å²) in [4.78, 5) is 23.5. The molecule has 0 fully saturated rings. The van der Waals surface area contributed by atoms with E-state index in [1.807, 2.05) is 30.3 Å². The monoisotopic (exact) mass is 486 g/mol. The van der Waals surface area contributed by atoms with Crippen LogP contribution in [-0.2, 0) is 6.54 Å². The minimum absolute atomic E-state index is 0.0241. The number of nitrogens with zero attached hydrogens (tertiary/aromatic N) is 5. The molecule has 1 heterocycles. The Bertz CT molecular complexity index is 1360. The zero-order chi connectivity index (χ0) is 25.3. The summed E-state index contributed by atoms with van der Waals surface area (Å²) >= 11 is 0. The van der Waals surface area contributed by atoms with Crippen LogP contribution in [0.15, 0.2) is 77.9 Å². The van der Waals surface area contributed by atoms with E-state index >= 15 is 0 Å². The van der Waals surface area contributed by atoms with E-state index in [4.69, 9.17) is 4.74 Å². The number of non-ortho nitro benzene ring substituents is 1. The van der Waals surface area contributed by atoms with Crippen LogP contribution >= 0.6 is 0 Å². The number of rotatable bonds is 10. The van der Waals surface area contributed by atoms with Gasteiger partial charge in [0.25, 0.3) is 5.69 Å². The number of anilines is 4. The SMILES string of the molecule is COc1cc(C=NNc2nc(NCc3ccccc3)nc(Nc3ccc([N+](=O)[O-])cc3)n2)ccc1O. The quantitative estimate of drug-likeness (QED) is 0.145. The Morgan fingerprint density at radius 2 is 1.72 bits per heavy atom. The molecule has 4 N–H and O–H groups in total. The summed E-state index contributed by atoms with van der Waals surface area (Å²) in [7, 11) is 1.46. The average molecular weight is 486 g/mol. The molecular weight excluding hydrogens is 464 g/mol. The number of aromatic hydroxyl groups is 1. The second-order valence-electron chi connectivity index (χ2n) is 7.38. The predicted molar refractivity (Wildman–Crippen MR) is 136 cm³/mol. The first-order valence-corrected chi connectivity index (χ1v) is 10.7. The minimum atomic E-state index is -0.470. The number of phenolic OH excluding ortho intramolecular Hbond substituents is 1. The Kier molecular flexibility index (Phi) is 7.46. The van der Waals surface area contributed by atoms with Crippen molar-refractivity contribution in [3.63, 3.8) is 0 Å². The Labute approximate surface area is 205 Å². The number of benzene rings is 3. The van der Waals surface area contributed by atoms with Gasteiger partial charge in [-0.15, -0.1) is 0 Å². The topological polar surface area (TPSA) is 160 Å². The van der Waals surface area contributed by atoms with Crippen LogP contribution in [0.1, 0.15) is 11.1 Å². The highest BCUT2D eigenvalue weighted by molar-refractivity contribution is 5.81. The lowest BCUT2D eigenvalue weighted by atomic mass is 10.2. The van der Waals surface area contributed by atoms with Gasteiger partial charge < -0.3 is 20.5 Å². The highest BCUT2D eigenvalue weighted by atomic mass is 16.6. The summed E-state index contributed by atoms with van der Waals surface area (Å²) in [5.41, 5.74) is 5.02. The van der Waals surface area contributed by atoms with Gasteiger partial charge >= 0.3 is 0 Å². The molecule has 0 saturated carbocycles. The zero-order valence-electron chi connectivity index (χ0n) is 19.1. The highest BCUT2D eigenvalue weighted by Crippen LogP contribution is 2.25. The molecule has 0 spiro atoms. The maximum Gasteiger partial charge on any atom is 0.269 e. The number of hydrogen-bond acceptors (Lipinski definition) is 11. The molecular formula is C24H22N8O4. The number of nitro benzene ring substituents is 1. The Morgan fingerprint density at radius 3 is 2.44 bits per heavy atom. The summed E-state index contributed by atoms with van der Waals surface area (Å²) in [6, 6.07) is 20.4. The zero-order valence-corrected chi connectivity index (χ0v) is 19.1. The molecule has 36 heavy (non-hydrogen) atoms. The molecule has 0 saturated heterocycles. The minimum Gasteiger partial charge on any atom is -0.504 e. The smallest absolute Gasteiger partial charge is 0.269 e. The number of methoxy groups -OCH3 is 1. The largest absolute Gasteiger partial charge is 0.504 e. The summed E-state index contributed by atoms with van der Waals surface area (Å²) in [5, 5.41) is 31.0. The van der Waals surface area contributed by atoms with Crippen molar-refractivity contribution in [2.45, 2.75) is 6.54 Å². The normalized spacial score (nSPS) is 10.7. The second kappa shape index (κ2) is 11.2. The standard InChI is InChI=1S/C24H22N8O4/c1-36-21-13-17(7-12-20(21)33)15-26-31-24-29-22(25-14-16-5-3-2-4-6-16)28-23(30-24)27-18-8-10-19(11-9-18)32(34)35/h2-13,15,33H,14H2,1H3,(H3,25,27,28,29,30,31). The van der Waals surface area contributed by atoms with Gasteiger partial charge in [-0.1, -0.05) is 30.3 Å². The first kappa shape index (κ1) is 23.9. The van der Waals surface area contributed by atoms with Crippen LogP contribution in [0.25, 0.3) is 0 Å². The Balaban J connectivity index is 1.54. The van der Waals surface area contributed by atoms with Crippen LogP contribution in [0, 0.1) is 10.1 Å². The molecule has 4 aromatic rings. The Hall–Kier alpha value is -5.26. The summed E-state index contributed by atoms with van der Waals surface area (Å²) < 4.78 is 5.10. The van der Waals surface area contributed by atoms with Crippen LogP contribution in [0.2, 0.25) is 0 Å². The van der Waals surface area contributed by atoms with Crippen LogP contribution in [0.3, 0.4) is 0 Å². The van der Waals surface area contributed by atoms with Crippen molar-refractivity contribution >= 4 is 35.4 Å². The average Bonchev–Trinajstić information content (AvgIpc) is 2.89. The van der Waals surface area contributed by atoms with Gasteiger partial charge in [0.15, 0.2) is 11.5 Å². The van der Waals surface area contributed by atoms with E-state index in [0.29, 0.717) is 29.5 Å². The third-order valence-corrected chi connectivity index (χ3v) is 4.85. The van der Waals surface area contributed by atoms with Gasteiger partial charge in [-0.3, -0.25) is 10.1 Å². The van der Waals surface area contributed by atoms with Gasteiger partial charge in [0, 0.05) is 24.4 Å². The van der Waals surface area contributed by atoms with Gasteiger partial charge in [0.05, 0.1) is 18.2 Å². The summed E-state index contributed by atoms with van der Waals surface area (Å²) in [5.74, 6) is 1.00. The van der Waals surface area contributed by atoms with Crippen LogP contribution in [-0.4, -0.2) is 38.3 Å². The molecule has 182 valence electrons. The van der Waals surface area contributed by atoms with E-state index in [1.54, 1.807) is 24.3 Å². The third-order valence-electron chi connectivity index (χ3n) is 4.85. The number of aromatic nitrogens is 3. The maximum absolute atomic E-state index is 10.9. The number of ether oxygens (including phenoxy) is 1. The van der Waals surface area contributed by atoms with Crippen LogP contribution in [0.5, 0.6) is 11.5 Å². The molecule has 0 atom stereocenters. The van der Waals surface area contributed by atoms with Gasteiger partial charge in [-0.05, 0) is 41.5 Å².